The third kappa shape index (κ3) is 3.57. The van der Waals surface area contributed by atoms with Crippen molar-refractivity contribution in [2.24, 2.45) is 5.10 Å². The van der Waals surface area contributed by atoms with Gasteiger partial charge in [-0.25, -0.2) is 14.8 Å². The predicted molar refractivity (Wildman–Crippen MR) is 105 cm³/mol. The first-order chi connectivity index (χ1) is 14.4. The number of aliphatic hydroxyl groups excluding tert-OH is 3. The van der Waals surface area contributed by atoms with E-state index in [1.54, 1.807) is 19.1 Å². The van der Waals surface area contributed by atoms with Crippen LogP contribution in [-0.4, -0.2) is 65.5 Å². The van der Waals surface area contributed by atoms with E-state index < -0.39 is 31.1 Å². The van der Waals surface area contributed by atoms with E-state index in [9.17, 15) is 19.7 Å². The van der Waals surface area contributed by atoms with E-state index in [1.165, 1.54) is 23.0 Å². The van der Waals surface area contributed by atoms with Gasteiger partial charge in [0.2, 0.25) is 5.95 Å². The number of halogens is 1. The average Bonchev–Trinajstić information content (AvgIpc) is 3.28. The van der Waals surface area contributed by atoms with E-state index in [-0.39, 0.29) is 28.7 Å². The predicted octanol–water partition coefficient (Wildman–Crippen LogP) is -0.00480. The first-order valence-electron chi connectivity index (χ1n) is 9.07. The topological polar surface area (TPSA) is 164 Å². The zero-order valence-corrected chi connectivity index (χ0v) is 15.8. The van der Waals surface area contributed by atoms with Crippen molar-refractivity contribution in [1.82, 2.24) is 19.5 Å². The summed E-state index contributed by atoms with van der Waals surface area (Å²) in [6.07, 6.45) is -3.17. The second-order valence-electron chi connectivity index (χ2n) is 6.80. The van der Waals surface area contributed by atoms with Gasteiger partial charge in [-0.15, -0.1) is 0 Å². The molecule has 158 valence electrons. The summed E-state index contributed by atoms with van der Waals surface area (Å²) in [7, 11) is 0. The Morgan fingerprint density at radius 2 is 2.00 bits per heavy atom. The van der Waals surface area contributed by atoms with Gasteiger partial charge in [-0.1, -0.05) is 12.1 Å². The summed E-state index contributed by atoms with van der Waals surface area (Å²) < 4.78 is 20.0. The van der Waals surface area contributed by atoms with E-state index in [0.29, 0.717) is 11.3 Å². The number of fused-ring (bicyclic) bond motifs is 1. The molecular weight excluding hydrogens is 397 g/mol. The molecule has 1 fully saturated rings. The van der Waals surface area contributed by atoms with Crippen molar-refractivity contribution in [3.63, 3.8) is 0 Å². The molecule has 30 heavy (non-hydrogen) atoms. The third-order valence-electron chi connectivity index (χ3n) is 4.83. The van der Waals surface area contributed by atoms with Crippen LogP contribution < -0.4 is 11.2 Å². The molecule has 0 amide bonds. The molecule has 0 aliphatic carbocycles. The fraction of sp³-hybridized carbons (Fsp3) is 0.333. The van der Waals surface area contributed by atoms with E-state index in [4.69, 9.17) is 10.5 Å². The number of nitrogens with two attached hydrogens (primary N) is 1. The van der Waals surface area contributed by atoms with Crippen molar-refractivity contribution >= 4 is 28.6 Å². The standard InChI is InChI=1S/C18H20FN7O4/c1-8(9-2-4-10(19)5-3-9)24-25-18-22-15(20)12-16(23-18)26(7-21-12)17-14(29)13(28)11(6-27)30-17/h2-5,7,11,13-14,17,27-29H,6H2,1H3,(H3,20,22,23,25)/b24-8-/t11-,13-,14-,17-/m1/s1. The molecule has 1 aromatic carbocycles. The maximum atomic E-state index is 13.1. The number of hydrogen-bond donors (Lipinski definition) is 5. The van der Waals surface area contributed by atoms with Crippen LogP contribution in [0.25, 0.3) is 11.2 Å². The van der Waals surface area contributed by atoms with Crippen molar-refractivity contribution in [2.45, 2.75) is 31.5 Å². The molecule has 3 heterocycles. The molecule has 11 nitrogen and oxygen atoms in total. The number of nitrogen functional groups attached to an aromatic ring is 1. The number of hydrogen-bond acceptors (Lipinski definition) is 10. The van der Waals surface area contributed by atoms with Gasteiger partial charge >= 0.3 is 0 Å². The number of hydrazone groups is 1. The van der Waals surface area contributed by atoms with Gasteiger partial charge in [0.15, 0.2) is 17.7 Å². The lowest BCUT2D eigenvalue weighted by Crippen LogP contribution is -2.33. The number of ether oxygens (including phenoxy) is 1. The highest BCUT2D eigenvalue weighted by atomic mass is 19.1. The Kier molecular flexibility index (Phi) is 5.30. The number of nitrogens with one attached hydrogen (secondary N) is 1. The number of aromatic nitrogens is 4. The summed E-state index contributed by atoms with van der Waals surface area (Å²) in [4.78, 5) is 12.6. The van der Waals surface area contributed by atoms with Crippen LogP contribution in [0.5, 0.6) is 0 Å². The summed E-state index contributed by atoms with van der Waals surface area (Å²) >= 11 is 0. The maximum absolute atomic E-state index is 13.1. The highest BCUT2D eigenvalue weighted by Crippen LogP contribution is 2.32. The Labute approximate surface area is 169 Å². The van der Waals surface area contributed by atoms with Gasteiger partial charge in [0.05, 0.1) is 18.6 Å². The molecule has 12 heteroatoms. The SMILES string of the molecule is C/C(=N/Nc1nc(N)c2ncn([C@@H]3O[C@H](CO)[C@@H](O)[C@H]3O)c2n1)c1ccc(F)cc1. The summed E-state index contributed by atoms with van der Waals surface area (Å²) in [6, 6.07) is 5.83. The molecule has 0 radical (unpaired) electrons. The van der Waals surface area contributed by atoms with Crippen molar-refractivity contribution < 1.29 is 24.4 Å². The Morgan fingerprint density at radius 3 is 2.67 bits per heavy atom. The Bertz CT molecular complexity index is 1090. The van der Waals surface area contributed by atoms with Crippen molar-refractivity contribution in [2.75, 3.05) is 17.8 Å². The van der Waals surface area contributed by atoms with Gasteiger partial charge in [0.25, 0.3) is 0 Å². The first-order valence-corrected chi connectivity index (χ1v) is 9.07. The molecule has 0 saturated carbocycles. The second kappa shape index (κ2) is 7.91. The minimum atomic E-state index is -1.30. The highest BCUT2D eigenvalue weighted by molar-refractivity contribution is 5.99. The number of rotatable bonds is 5. The van der Waals surface area contributed by atoms with Crippen LogP contribution in [0.4, 0.5) is 16.2 Å². The van der Waals surface area contributed by atoms with Crippen LogP contribution in [0, 0.1) is 5.82 Å². The fourth-order valence-corrected chi connectivity index (χ4v) is 3.17. The van der Waals surface area contributed by atoms with Crippen molar-refractivity contribution in [3.8, 4) is 0 Å². The molecule has 1 aliphatic rings. The van der Waals surface area contributed by atoms with Gasteiger partial charge in [-0.2, -0.15) is 15.1 Å². The van der Waals surface area contributed by atoms with E-state index in [2.05, 4.69) is 25.5 Å². The van der Waals surface area contributed by atoms with Crippen LogP contribution >= 0.6 is 0 Å². The molecule has 0 unspecified atom stereocenters. The van der Waals surface area contributed by atoms with Gasteiger partial charge in [-0.05, 0) is 24.6 Å². The molecule has 0 spiro atoms. The van der Waals surface area contributed by atoms with Crippen molar-refractivity contribution in [3.05, 3.63) is 42.0 Å². The minimum Gasteiger partial charge on any atom is -0.394 e. The molecule has 1 aliphatic heterocycles. The van der Waals surface area contributed by atoms with Crippen LogP contribution in [0.1, 0.15) is 18.7 Å². The van der Waals surface area contributed by atoms with Crippen LogP contribution in [0.15, 0.2) is 35.7 Å². The smallest absolute Gasteiger partial charge is 0.247 e. The zero-order valence-electron chi connectivity index (χ0n) is 15.8. The monoisotopic (exact) mass is 417 g/mol. The number of anilines is 2. The lowest BCUT2D eigenvalue weighted by molar-refractivity contribution is -0.0511. The van der Waals surface area contributed by atoms with Gasteiger partial charge in [0.1, 0.15) is 29.6 Å². The largest absolute Gasteiger partial charge is 0.394 e. The molecule has 2 aromatic heterocycles. The van der Waals surface area contributed by atoms with Gasteiger partial charge < -0.3 is 25.8 Å². The number of imidazole rings is 1. The maximum Gasteiger partial charge on any atom is 0.247 e. The molecule has 0 bridgehead atoms. The fourth-order valence-electron chi connectivity index (χ4n) is 3.17. The first kappa shape index (κ1) is 20.1. The summed E-state index contributed by atoms with van der Waals surface area (Å²) in [5.41, 5.74) is 10.5. The van der Waals surface area contributed by atoms with E-state index in [0.717, 1.165) is 0 Å². The summed E-state index contributed by atoms with van der Waals surface area (Å²) in [5.74, 6) is -0.211. The van der Waals surface area contributed by atoms with E-state index >= 15 is 0 Å². The van der Waals surface area contributed by atoms with Crippen LogP contribution in [0.2, 0.25) is 0 Å². The Balaban J connectivity index is 1.64. The van der Waals surface area contributed by atoms with Crippen molar-refractivity contribution in [1.29, 1.82) is 0 Å². The second-order valence-corrected chi connectivity index (χ2v) is 6.80. The summed E-state index contributed by atoms with van der Waals surface area (Å²) in [6.45, 7) is 1.27. The molecule has 6 N–H and O–H groups in total. The normalized spacial score (nSPS) is 24.5. The Morgan fingerprint density at radius 1 is 1.27 bits per heavy atom. The summed E-state index contributed by atoms with van der Waals surface area (Å²) in [5, 5.41) is 33.8. The highest BCUT2D eigenvalue weighted by Gasteiger charge is 2.44. The molecule has 3 aromatic rings. The quantitative estimate of drug-likeness (QED) is 0.284. The number of nitrogens with zero attached hydrogens (tertiary/aromatic N) is 5. The van der Waals surface area contributed by atoms with Crippen LogP contribution in [0.3, 0.4) is 0 Å². The lowest BCUT2D eigenvalue weighted by atomic mass is 10.1. The number of aliphatic hydroxyl groups is 3. The van der Waals surface area contributed by atoms with Crippen LogP contribution in [-0.2, 0) is 4.74 Å². The number of benzene rings is 1. The Hall–Kier alpha value is -3.19. The third-order valence-corrected chi connectivity index (χ3v) is 4.83. The lowest BCUT2D eigenvalue weighted by Gasteiger charge is -2.16. The van der Waals surface area contributed by atoms with Gasteiger partial charge in [0, 0.05) is 0 Å². The zero-order chi connectivity index (χ0) is 21.4. The molecule has 4 atom stereocenters. The molecule has 1 saturated heterocycles. The molecular formula is C18H20FN7O4. The van der Waals surface area contributed by atoms with E-state index in [1.807, 2.05) is 0 Å². The molecule has 4 rings (SSSR count). The minimum absolute atomic E-state index is 0.0648. The van der Waals surface area contributed by atoms with Gasteiger partial charge in [-0.3, -0.25) is 4.57 Å². The average molecular weight is 417 g/mol.